The second kappa shape index (κ2) is 10.1. The van der Waals surface area contributed by atoms with Crippen LogP contribution in [0.4, 0.5) is 9.18 Å². The summed E-state index contributed by atoms with van der Waals surface area (Å²) < 4.78 is 38.8. The molecule has 1 aromatic heterocycles. The molecule has 2 unspecified atom stereocenters. The SMILES string of the molecule is CC(C)c1cc(F)cc(C2CCOC2)c1CC(=O)N=S(=O)(NC(=O)O)c1cnc(C(C)(C)O)s1. The number of hydrogen-bond acceptors (Lipinski definition) is 7. The Morgan fingerprint density at radius 2 is 2.12 bits per heavy atom. The quantitative estimate of drug-likeness (QED) is 0.510. The van der Waals surface area contributed by atoms with Crippen LogP contribution in [0, 0.1) is 5.82 Å². The summed E-state index contributed by atoms with van der Waals surface area (Å²) in [6.07, 6.45) is -0.105. The largest absolute Gasteiger partial charge is 0.464 e. The number of carboxylic acid groups (broad SMARTS) is 1. The average molecular weight is 514 g/mol. The standard InChI is InChI=1S/C22H28FN3O6S2/c1-12(2)15-7-14(23)8-16(13-5-6-32-11-13)17(15)9-18(27)25-34(31,26-21(28)29)19-10-24-20(33-19)22(3,4)30/h7-8,10,12-13,30H,5-6,9,11H2,1-4H3,(H,28,29)(H,25,26,27,31). The van der Waals surface area contributed by atoms with Crippen molar-refractivity contribution in [3.8, 4) is 0 Å². The fraction of sp³-hybridized carbons (Fsp3) is 0.500. The lowest BCUT2D eigenvalue weighted by Crippen LogP contribution is -2.29. The number of carbonyl (C=O) groups is 2. The van der Waals surface area contributed by atoms with Crippen LogP contribution < -0.4 is 4.72 Å². The summed E-state index contributed by atoms with van der Waals surface area (Å²) in [6, 6.07) is 2.76. The molecule has 0 saturated carbocycles. The van der Waals surface area contributed by atoms with E-state index in [1.165, 1.54) is 26.0 Å². The lowest BCUT2D eigenvalue weighted by molar-refractivity contribution is -0.117. The molecule has 2 atom stereocenters. The first-order valence-corrected chi connectivity index (χ1v) is 13.0. The van der Waals surface area contributed by atoms with Crippen molar-refractivity contribution in [2.24, 2.45) is 4.36 Å². The second-order valence-electron chi connectivity index (χ2n) is 8.92. The van der Waals surface area contributed by atoms with E-state index in [0.717, 1.165) is 17.5 Å². The minimum absolute atomic E-state index is 0.0895. The molecule has 2 aromatic rings. The molecular weight excluding hydrogens is 485 g/mol. The zero-order valence-corrected chi connectivity index (χ0v) is 21.0. The fourth-order valence-corrected chi connectivity index (χ4v) is 6.37. The summed E-state index contributed by atoms with van der Waals surface area (Å²) in [5.41, 5.74) is 0.503. The van der Waals surface area contributed by atoms with Crippen molar-refractivity contribution >= 4 is 33.3 Å². The van der Waals surface area contributed by atoms with Crippen molar-refractivity contribution in [2.75, 3.05) is 13.2 Å². The minimum Gasteiger partial charge on any atom is -0.464 e. The van der Waals surface area contributed by atoms with E-state index in [1.54, 1.807) is 0 Å². The monoisotopic (exact) mass is 513 g/mol. The summed E-state index contributed by atoms with van der Waals surface area (Å²) >= 11 is 0.796. The molecule has 1 aliphatic heterocycles. The smallest absolute Gasteiger partial charge is 0.417 e. The van der Waals surface area contributed by atoms with E-state index < -0.39 is 33.3 Å². The number of carbonyl (C=O) groups excluding carboxylic acids is 1. The fourth-order valence-electron chi connectivity index (χ4n) is 3.78. The molecule has 0 radical (unpaired) electrons. The molecular formula is C22H28FN3O6S2. The number of amides is 2. The van der Waals surface area contributed by atoms with Crippen LogP contribution in [0.2, 0.25) is 0 Å². The number of halogens is 1. The maximum Gasteiger partial charge on any atom is 0.417 e. The van der Waals surface area contributed by atoms with Crippen molar-refractivity contribution in [3.05, 3.63) is 45.8 Å². The normalized spacial score (nSPS) is 18.0. The Labute approximate surface area is 201 Å². The van der Waals surface area contributed by atoms with Gasteiger partial charge in [-0.15, -0.1) is 15.7 Å². The summed E-state index contributed by atoms with van der Waals surface area (Å²) in [5.74, 6) is -1.44. The van der Waals surface area contributed by atoms with Gasteiger partial charge in [-0.1, -0.05) is 13.8 Å². The van der Waals surface area contributed by atoms with Gasteiger partial charge in [-0.25, -0.2) is 23.1 Å². The molecule has 186 valence electrons. The Morgan fingerprint density at radius 1 is 1.41 bits per heavy atom. The predicted molar refractivity (Wildman–Crippen MR) is 125 cm³/mol. The first-order valence-electron chi connectivity index (χ1n) is 10.7. The zero-order chi connectivity index (χ0) is 25.3. The number of ether oxygens (including phenoxy) is 1. The van der Waals surface area contributed by atoms with Crippen LogP contribution in [-0.4, -0.2) is 44.6 Å². The maximum atomic E-state index is 14.4. The number of nitrogens with one attached hydrogen (secondary N) is 1. The van der Waals surface area contributed by atoms with E-state index in [0.29, 0.717) is 36.3 Å². The first-order chi connectivity index (χ1) is 15.8. The minimum atomic E-state index is -3.93. The van der Waals surface area contributed by atoms with E-state index in [9.17, 15) is 28.4 Å². The third-order valence-electron chi connectivity index (χ3n) is 5.34. The first kappa shape index (κ1) is 26.2. The van der Waals surface area contributed by atoms with Gasteiger partial charge in [0.2, 0.25) is 0 Å². The zero-order valence-electron chi connectivity index (χ0n) is 19.3. The number of thiazole rings is 1. The van der Waals surface area contributed by atoms with E-state index in [-0.39, 0.29) is 27.5 Å². The Balaban J connectivity index is 2.06. The van der Waals surface area contributed by atoms with Crippen molar-refractivity contribution in [1.29, 1.82) is 0 Å². The molecule has 2 heterocycles. The Bertz CT molecular complexity index is 1210. The number of nitrogens with zero attached hydrogens (tertiary/aromatic N) is 2. The van der Waals surface area contributed by atoms with Gasteiger partial charge >= 0.3 is 6.09 Å². The van der Waals surface area contributed by atoms with Gasteiger partial charge in [0.05, 0.1) is 19.2 Å². The van der Waals surface area contributed by atoms with Crippen LogP contribution >= 0.6 is 11.3 Å². The van der Waals surface area contributed by atoms with Crippen LogP contribution in [0.3, 0.4) is 0 Å². The van der Waals surface area contributed by atoms with Crippen LogP contribution in [-0.2, 0) is 31.5 Å². The van der Waals surface area contributed by atoms with Gasteiger partial charge < -0.3 is 14.9 Å². The predicted octanol–water partition coefficient (Wildman–Crippen LogP) is 3.92. The van der Waals surface area contributed by atoms with Gasteiger partial charge in [0.1, 0.15) is 20.6 Å². The molecule has 1 saturated heterocycles. The molecule has 1 aromatic carbocycles. The number of benzene rings is 1. The summed E-state index contributed by atoms with van der Waals surface area (Å²) in [4.78, 5) is 28.4. The lowest BCUT2D eigenvalue weighted by atomic mass is 9.85. The molecule has 34 heavy (non-hydrogen) atoms. The van der Waals surface area contributed by atoms with Gasteiger partial charge in [-0.3, -0.25) is 4.79 Å². The van der Waals surface area contributed by atoms with Crippen LogP contribution in [0.1, 0.15) is 67.6 Å². The topological polar surface area (TPSA) is 138 Å². The molecule has 3 rings (SSSR count). The van der Waals surface area contributed by atoms with E-state index in [2.05, 4.69) is 9.35 Å². The lowest BCUT2D eigenvalue weighted by Gasteiger charge is -2.20. The molecule has 2 amide bonds. The highest BCUT2D eigenvalue weighted by Crippen LogP contribution is 2.34. The van der Waals surface area contributed by atoms with E-state index in [4.69, 9.17) is 4.74 Å². The van der Waals surface area contributed by atoms with Crippen LogP contribution in [0.25, 0.3) is 0 Å². The van der Waals surface area contributed by atoms with Crippen molar-refractivity contribution in [2.45, 2.75) is 62.2 Å². The molecule has 3 N–H and O–H groups in total. The van der Waals surface area contributed by atoms with Gasteiger partial charge in [-0.2, -0.15) is 0 Å². The van der Waals surface area contributed by atoms with E-state index >= 15 is 0 Å². The Morgan fingerprint density at radius 3 is 2.65 bits per heavy atom. The van der Waals surface area contributed by atoms with Crippen LogP contribution in [0.5, 0.6) is 0 Å². The highest BCUT2D eigenvalue weighted by Gasteiger charge is 2.28. The highest BCUT2D eigenvalue weighted by molar-refractivity contribution is 7.94. The van der Waals surface area contributed by atoms with Gasteiger partial charge in [0, 0.05) is 12.5 Å². The average Bonchev–Trinajstić information content (AvgIpc) is 3.40. The number of aliphatic hydroxyl groups is 1. The van der Waals surface area contributed by atoms with Gasteiger partial charge in [0.25, 0.3) is 5.91 Å². The molecule has 12 heteroatoms. The van der Waals surface area contributed by atoms with Crippen LogP contribution in [0.15, 0.2) is 26.9 Å². The molecule has 1 fully saturated rings. The summed E-state index contributed by atoms with van der Waals surface area (Å²) in [7, 11) is -3.93. The van der Waals surface area contributed by atoms with Crippen molar-refractivity contribution < 1.29 is 33.1 Å². The second-order valence-corrected chi connectivity index (χ2v) is 12.1. The molecule has 1 aliphatic rings. The molecule has 0 spiro atoms. The number of hydrogen-bond donors (Lipinski definition) is 3. The third kappa shape index (κ3) is 5.98. The molecule has 0 aliphatic carbocycles. The highest BCUT2D eigenvalue weighted by atomic mass is 32.2. The van der Waals surface area contributed by atoms with Gasteiger partial charge in [-0.05, 0) is 55.0 Å². The third-order valence-corrected chi connectivity index (χ3v) is 8.94. The van der Waals surface area contributed by atoms with Crippen molar-refractivity contribution in [1.82, 2.24) is 9.71 Å². The number of aromatic nitrogens is 1. The number of rotatable bonds is 7. The van der Waals surface area contributed by atoms with Crippen molar-refractivity contribution in [3.63, 3.8) is 0 Å². The van der Waals surface area contributed by atoms with E-state index in [1.807, 2.05) is 18.6 Å². The summed E-state index contributed by atoms with van der Waals surface area (Å²) in [5, 5.41) is 19.6. The molecule has 0 bridgehead atoms. The molecule has 9 nitrogen and oxygen atoms in total. The summed E-state index contributed by atoms with van der Waals surface area (Å²) in [6.45, 7) is 7.62. The van der Waals surface area contributed by atoms with Gasteiger partial charge in [0.15, 0.2) is 9.92 Å². The Hall–Kier alpha value is -2.41. The maximum absolute atomic E-state index is 14.4. The Kier molecular flexibility index (Phi) is 7.75.